The highest BCUT2D eigenvalue weighted by molar-refractivity contribution is 6.06. The second-order valence-corrected chi connectivity index (χ2v) is 6.60. The Morgan fingerprint density at radius 1 is 1.38 bits per heavy atom. The van der Waals surface area contributed by atoms with Gasteiger partial charge in [-0.25, -0.2) is 0 Å². The van der Waals surface area contributed by atoms with Gasteiger partial charge in [-0.15, -0.1) is 0 Å². The van der Waals surface area contributed by atoms with Gasteiger partial charge in [0, 0.05) is 19.4 Å². The van der Waals surface area contributed by atoms with Gasteiger partial charge in [0.25, 0.3) is 0 Å². The highest BCUT2D eigenvalue weighted by Crippen LogP contribution is 2.49. The summed E-state index contributed by atoms with van der Waals surface area (Å²) in [7, 11) is 0. The van der Waals surface area contributed by atoms with E-state index in [1.807, 2.05) is 13.8 Å². The first-order valence-corrected chi connectivity index (χ1v) is 7.23. The first-order chi connectivity index (χ1) is 9.69. The Balaban J connectivity index is 2.05. The topological polar surface area (TPSA) is 78.9 Å². The molecular formula is C15H22O6. The van der Waals surface area contributed by atoms with Crippen molar-refractivity contribution >= 4 is 17.7 Å². The lowest BCUT2D eigenvalue weighted by molar-refractivity contribution is -0.162. The van der Waals surface area contributed by atoms with Crippen molar-refractivity contribution in [1.82, 2.24) is 0 Å². The van der Waals surface area contributed by atoms with Crippen molar-refractivity contribution in [2.24, 2.45) is 11.3 Å². The number of rotatable bonds is 5. The van der Waals surface area contributed by atoms with E-state index in [0.29, 0.717) is 12.5 Å². The van der Waals surface area contributed by atoms with Crippen LogP contribution < -0.4 is 0 Å². The molecule has 118 valence electrons. The molecule has 0 aromatic rings. The molecule has 1 spiro atoms. The van der Waals surface area contributed by atoms with Crippen LogP contribution in [0.2, 0.25) is 0 Å². The van der Waals surface area contributed by atoms with Crippen LogP contribution >= 0.6 is 0 Å². The summed E-state index contributed by atoms with van der Waals surface area (Å²) in [6, 6.07) is 0. The Kier molecular flexibility index (Phi) is 4.10. The van der Waals surface area contributed by atoms with E-state index in [-0.39, 0.29) is 25.2 Å². The van der Waals surface area contributed by atoms with Gasteiger partial charge in [0.15, 0.2) is 16.8 Å². The lowest BCUT2D eigenvalue weighted by Crippen LogP contribution is -2.35. The highest BCUT2D eigenvalue weighted by Gasteiger charge is 2.65. The van der Waals surface area contributed by atoms with Crippen LogP contribution in [-0.4, -0.2) is 42.6 Å². The molecular weight excluding hydrogens is 276 g/mol. The van der Waals surface area contributed by atoms with Crippen LogP contribution in [0.5, 0.6) is 0 Å². The zero-order chi connectivity index (χ0) is 15.8. The zero-order valence-corrected chi connectivity index (χ0v) is 12.9. The van der Waals surface area contributed by atoms with E-state index in [1.54, 1.807) is 0 Å². The van der Waals surface area contributed by atoms with Crippen molar-refractivity contribution < 1.29 is 28.6 Å². The maximum absolute atomic E-state index is 12.1. The van der Waals surface area contributed by atoms with E-state index in [1.165, 1.54) is 13.8 Å². The van der Waals surface area contributed by atoms with Gasteiger partial charge in [-0.2, -0.15) is 0 Å². The monoisotopic (exact) mass is 298 g/mol. The van der Waals surface area contributed by atoms with Gasteiger partial charge < -0.3 is 14.2 Å². The SMILES string of the molecule is CC(=O)C1(C)CC2(CC(COCC(C)C)OC2=O)C(=O)O1. The third-order valence-electron chi connectivity index (χ3n) is 4.09. The summed E-state index contributed by atoms with van der Waals surface area (Å²) in [5.41, 5.74) is -2.57. The van der Waals surface area contributed by atoms with E-state index < -0.39 is 29.1 Å². The maximum atomic E-state index is 12.1. The number of hydrogen-bond acceptors (Lipinski definition) is 6. The molecule has 2 aliphatic heterocycles. The predicted molar refractivity (Wildman–Crippen MR) is 72.4 cm³/mol. The van der Waals surface area contributed by atoms with E-state index in [2.05, 4.69) is 0 Å². The zero-order valence-electron chi connectivity index (χ0n) is 12.9. The van der Waals surface area contributed by atoms with Gasteiger partial charge in [0.1, 0.15) is 6.10 Å². The third kappa shape index (κ3) is 2.81. The lowest BCUT2D eigenvalue weighted by Gasteiger charge is -2.18. The van der Waals surface area contributed by atoms with Crippen molar-refractivity contribution in [3.05, 3.63) is 0 Å². The van der Waals surface area contributed by atoms with Gasteiger partial charge in [-0.05, 0) is 19.8 Å². The van der Waals surface area contributed by atoms with E-state index >= 15 is 0 Å². The number of carbonyl (C=O) groups excluding carboxylic acids is 3. The maximum Gasteiger partial charge on any atom is 0.324 e. The summed E-state index contributed by atoms with van der Waals surface area (Å²) < 4.78 is 15.9. The number of hydrogen-bond donors (Lipinski definition) is 0. The second kappa shape index (κ2) is 5.40. The van der Waals surface area contributed by atoms with Gasteiger partial charge >= 0.3 is 11.9 Å². The fraction of sp³-hybridized carbons (Fsp3) is 0.800. The molecule has 2 rings (SSSR count). The number of carbonyl (C=O) groups is 3. The van der Waals surface area contributed by atoms with Crippen LogP contribution in [0.1, 0.15) is 40.5 Å². The van der Waals surface area contributed by atoms with E-state index in [0.717, 1.165) is 0 Å². The molecule has 0 aromatic carbocycles. The van der Waals surface area contributed by atoms with Crippen molar-refractivity contribution in [2.45, 2.75) is 52.2 Å². The molecule has 2 fully saturated rings. The van der Waals surface area contributed by atoms with Gasteiger partial charge in [-0.1, -0.05) is 13.8 Å². The summed E-state index contributed by atoms with van der Waals surface area (Å²) >= 11 is 0. The van der Waals surface area contributed by atoms with Crippen LogP contribution in [0.15, 0.2) is 0 Å². The summed E-state index contributed by atoms with van der Waals surface area (Å²) in [5.74, 6) is -1.14. The van der Waals surface area contributed by atoms with Crippen LogP contribution in [0.3, 0.4) is 0 Å². The minimum atomic E-state index is -1.34. The molecule has 0 radical (unpaired) electrons. The average Bonchev–Trinajstić information content (AvgIpc) is 2.79. The molecule has 0 aromatic heterocycles. The number of cyclic esters (lactones) is 2. The highest BCUT2D eigenvalue weighted by atomic mass is 16.6. The third-order valence-corrected chi connectivity index (χ3v) is 4.09. The standard InChI is InChI=1S/C15H22O6/c1-9(2)6-19-7-11-5-15(12(17)20-11)8-14(4,10(3)16)21-13(15)18/h9,11H,5-8H2,1-4H3. The van der Waals surface area contributed by atoms with Crippen molar-refractivity contribution in [2.75, 3.05) is 13.2 Å². The molecule has 2 aliphatic rings. The fourth-order valence-electron chi connectivity index (χ4n) is 2.80. The van der Waals surface area contributed by atoms with Crippen molar-refractivity contribution in [3.63, 3.8) is 0 Å². The molecule has 2 heterocycles. The average molecular weight is 298 g/mol. The molecule has 0 amide bonds. The van der Waals surface area contributed by atoms with E-state index in [4.69, 9.17) is 14.2 Å². The number of ketones is 1. The van der Waals surface area contributed by atoms with Crippen molar-refractivity contribution in [3.8, 4) is 0 Å². The molecule has 6 nitrogen and oxygen atoms in total. The lowest BCUT2D eigenvalue weighted by atomic mass is 9.77. The summed E-state index contributed by atoms with van der Waals surface area (Å²) in [4.78, 5) is 35.9. The Bertz CT molecular complexity index is 471. The minimum absolute atomic E-state index is 0.0493. The molecule has 21 heavy (non-hydrogen) atoms. The Morgan fingerprint density at radius 3 is 2.57 bits per heavy atom. The van der Waals surface area contributed by atoms with Gasteiger partial charge in [0.05, 0.1) is 6.61 Å². The van der Waals surface area contributed by atoms with E-state index in [9.17, 15) is 14.4 Å². The van der Waals surface area contributed by atoms with Crippen LogP contribution in [0, 0.1) is 11.3 Å². The molecule has 0 bridgehead atoms. The second-order valence-electron chi connectivity index (χ2n) is 6.60. The minimum Gasteiger partial charge on any atom is -0.459 e. The first-order valence-electron chi connectivity index (χ1n) is 7.23. The largest absolute Gasteiger partial charge is 0.459 e. The van der Waals surface area contributed by atoms with Crippen LogP contribution in [0.4, 0.5) is 0 Å². The fourth-order valence-corrected chi connectivity index (χ4v) is 2.80. The van der Waals surface area contributed by atoms with Crippen LogP contribution in [0.25, 0.3) is 0 Å². The molecule has 0 saturated carbocycles. The Hall–Kier alpha value is -1.43. The smallest absolute Gasteiger partial charge is 0.324 e. The van der Waals surface area contributed by atoms with Gasteiger partial charge in [-0.3, -0.25) is 14.4 Å². The Morgan fingerprint density at radius 2 is 2.05 bits per heavy atom. The number of Topliss-reactive ketones (excluding diaryl/α,β-unsaturated/α-hetero) is 1. The molecule has 3 unspecified atom stereocenters. The number of esters is 2. The summed E-state index contributed by atoms with van der Waals surface area (Å²) in [6.45, 7) is 7.77. The Labute approximate surface area is 124 Å². The quantitative estimate of drug-likeness (QED) is 0.561. The molecule has 2 saturated heterocycles. The predicted octanol–water partition coefficient (Wildman–Crippen LogP) is 1.26. The normalized spacial score (nSPS) is 35.4. The van der Waals surface area contributed by atoms with Crippen LogP contribution in [-0.2, 0) is 28.6 Å². The molecule has 0 N–H and O–H groups in total. The molecule has 0 aliphatic carbocycles. The summed E-state index contributed by atoms with van der Waals surface area (Å²) in [5, 5.41) is 0. The van der Waals surface area contributed by atoms with Crippen molar-refractivity contribution in [1.29, 1.82) is 0 Å². The first kappa shape index (κ1) is 15.9. The summed E-state index contributed by atoms with van der Waals surface area (Å²) in [6.07, 6.45) is -0.197. The van der Waals surface area contributed by atoms with Gasteiger partial charge in [0.2, 0.25) is 0 Å². The number of ether oxygens (including phenoxy) is 3. The molecule has 3 atom stereocenters. The molecule has 6 heteroatoms.